The van der Waals surface area contributed by atoms with E-state index in [4.69, 9.17) is 20.2 Å². The van der Waals surface area contributed by atoms with Gasteiger partial charge in [0.25, 0.3) is 0 Å². The second kappa shape index (κ2) is 7.60. The third-order valence-corrected chi connectivity index (χ3v) is 3.92. The average Bonchev–Trinajstić information content (AvgIpc) is 2.35. The van der Waals surface area contributed by atoms with E-state index in [1.54, 1.807) is 19.2 Å². The highest BCUT2D eigenvalue weighted by atomic mass is 35.7. The van der Waals surface area contributed by atoms with Gasteiger partial charge in [0.05, 0.1) is 19.5 Å². The van der Waals surface area contributed by atoms with Gasteiger partial charge >= 0.3 is 0 Å². The van der Waals surface area contributed by atoms with Crippen molar-refractivity contribution in [3.8, 4) is 11.5 Å². The van der Waals surface area contributed by atoms with E-state index in [1.165, 1.54) is 0 Å². The second-order valence-electron chi connectivity index (χ2n) is 4.32. The predicted octanol–water partition coefficient (Wildman–Crippen LogP) is 3.06. The van der Waals surface area contributed by atoms with Crippen molar-refractivity contribution in [3.05, 3.63) is 24.3 Å². The number of methoxy groups -OCH3 is 1. The Balaban J connectivity index is 2.65. The van der Waals surface area contributed by atoms with Gasteiger partial charge in [0.1, 0.15) is 0 Å². The van der Waals surface area contributed by atoms with Gasteiger partial charge in [-0.1, -0.05) is 25.5 Å². The Kier molecular flexibility index (Phi) is 6.45. The van der Waals surface area contributed by atoms with Gasteiger partial charge in [0.15, 0.2) is 11.5 Å². The Morgan fingerprint density at radius 2 is 1.89 bits per heavy atom. The number of halogens is 1. The van der Waals surface area contributed by atoms with Crippen molar-refractivity contribution >= 4 is 19.7 Å². The fraction of sp³-hybridized carbons (Fsp3) is 0.538. The lowest BCUT2D eigenvalue weighted by Gasteiger charge is -2.16. The SMILES string of the molecule is CCCC(COc1ccccc1OC)CS(=O)(=O)Cl. The molecule has 4 nitrogen and oxygen atoms in total. The standard InChI is InChI=1S/C13H19ClO4S/c1-3-6-11(10-19(14,15)16)9-18-13-8-5-4-7-12(13)17-2/h4-5,7-8,11H,3,6,9-10H2,1-2H3. The third kappa shape index (κ3) is 6.16. The van der Waals surface area contributed by atoms with E-state index in [1.807, 2.05) is 19.1 Å². The molecule has 1 unspecified atom stereocenters. The molecular weight excluding hydrogens is 288 g/mol. The Morgan fingerprint density at radius 1 is 1.26 bits per heavy atom. The summed E-state index contributed by atoms with van der Waals surface area (Å²) < 4.78 is 33.1. The van der Waals surface area contributed by atoms with Crippen molar-refractivity contribution in [2.24, 2.45) is 5.92 Å². The molecule has 0 N–H and O–H groups in total. The van der Waals surface area contributed by atoms with Crippen LogP contribution in [0.15, 0.2) is 24.3 Å². The second-order valence-corrected chi connectivity index (χ2v) is 7.14. The van der Waals surface area contributed by atoms with Crippen LogP contribution in [0.2, 0.25) is 0 Å². The van der Waals surface area contributed by atoms with E-state index in [2.05, 4.69) is 0 Å². The molecule has 0 saturated heterocycles. The van der Waals surface area contributed by atoms with Crippen LogP contribution in [0.25, 0.3) is 0 Å². The van der Waals surface area contributed by atoms with Gasteiger partial charge in [0, 0.05) is 16.6 Å². The average molecular weight is 307 g/mol. The Hall–Kier alpha value is -0.940. The van der Waals surface area contributed by atoms with Crippen LogP contribution in [-0.2, 0) is 9.05 Å². The summed E-state index contributed by atoms with van der Waals surface area (Å²) in [5.74, 6) is 1.05. The molecule has 0 aliphatic rings. The minimum absolute atomic E-state index is 0.0719. The molecule has 108 valence electrons. The van der Waals surface area contributed by atoms with Crippen LogP contribution in [-0.4, -0.2) is 27.9 Å². The van der Waals surface area contributed by atoms with Gasteiger partial charge in [-0.25, -0.2) is 8.42 Å². The molecule has 0 radical (unpaired) electrons. The first-order chi connectivity index (χ1) is 8.96. The summed E-state index contributed by atoms with van der Waals surface area (Å²) in [7, 11) is 3.36. The van der Waals surface area contributed by atoms with Crippen LogP contribution < -0.4 is 9.47 Å². The smallest absolute Gasteiger partial charge is 0.232 e. The van der Waals surface area contributed by atoms with Gasteiger partial charge in [-0.15, -0.1) is 0 Å². The summed E-state index contributed by atoms with van der Waals surface area (Å²) in [4.78, 5) is 0. The fourth-order valence-electron chi connectivity index (χ4n) is 1.85. The molecule has 1 atom stereocenters. The van der Waals surface area contributed by atoms with Gasteiger partial charge < -0.3 is 9.47 Å². The molecule has 6 heteroatoms. The van der Waals surface area contributed by atoms with Crippen LogP contribution in [0.4, 0.5) is 0 Å². The number of hydrogen-bond acceptors (Lipinski definition) is 4. The normalized spacial score (nSPS) is 13.0. The lowest BCUT2D eigenvalue weighted by Crippen LogP contribution is -2.19. The zero-order valence-electron chi connectivity index (χ0n) is 11.1. The fourth-order valence-corrected chi connectivity index (χ4v) is 3.21. The molecule has 0 heterocycles. The van der Waals surface area contributed by atoms with Gasteiger partial charge in [-0.05, 0) is 18.6 Å². The van der Waals surface area contributed by atoms with Crippen molar-refractivity contribution in [1.29, 1.82) is 0 Å². The molecule has 0 spiro atoms. The number of ether oxygens (including phenoxy) is 2. The molecule has 0 aromatic heterocycles. The first kappa shape index (κ1) is 16.1. The van der Waals surface area contributed by atoms with Crippen molar-refractivity contribution in [3.63, 3.8) is 0 Å². The van der Waals surface area contributed by atoms with E-state index >= 15 is 0 Å². The number of para-hydroxylation sites is 2. The van der Waals surface area contributed by atoms with Gasteiger partial charge in [0.2, 0.25) is 9.05 Å². The van der Waals surface area contributed by atoms with Crippen LogP contribution in [0, 0.1) is 5.92 Å². The first-order valence-corrected chi connectivity index (χ1v) is 8.62. The van der Waals surface area contributed by atoms with Gasteiger partial charge in [-0.3, -0.25) is 0 Å². The van der Waals surface area contributed by atoms with Crippen LogP contribution in [0.5, 0.6) is 11.5 Å². The lowest BCUT2D eigenvalue weighted by molar-refractivity contribution is 0.241. The number of benzene rings is 1. The number of hydrogen-bond donors (Lipinski definition) is 0. The van der Waals surface area contributed by atoms with Crippen LogP contribution in [0.1, 0.15) is 19.8 Å². The molecule has 0 aliphatic heterocycles. The molecule has 0 saturated carbocycles. The van der Waals surface area contributed by atoms with E-state index in [0.29, 0.717) is 18.1 Å². The maximum absolute atomic E-state index is 11.1. The predicted molar refractivity (Wildman–Crippen MR) is 76.5 cm³/mol. The maximum atomic E-state index is 11.1. The van der Waals surface area contributed by atoms with Crippen molar-refractivity contribution in [2.45, 2.75) is 19.8 Å². The minimum atomic E-state index is -3.50. The van der Waals surface area contributed by atoms with Crippen LogP contribution in [0.3, 0.4) is 0 Å². The number of rotatable bonds is 8. The molecule has 19 heavy (non-hydrogen) atoms. The lowest BCUT2D eigenvalue weighted by atomic mass is 10.1. The summed E-state index contributed by atoms with van der Waals surface area (Å²) >= 11 is 0. The van der Waals surface area contributed by atoms with Crippen molar-refractivity contribution < 1.29 is 17.9 Å². The summed E-state index contributed by atoms with van der Waals surface area (Å²) in [6, 6.07) is 7.27. The zero-order valence-corrected chi connectivity index (χ0v) is 12.7. The summed E-state index contributed by atoms with van der Waals surface area (Å²) in [5.41, 5.74) is 0. The molecule has 1 aromatic rings. The van der Waals surface area contributed by atoms with E-state index in [9.17, 15) is 8.42 Å². The van der Waals surface area contributed by atoms with E-state index < -0.39 is 9.05 Å². The molecule has 1 rings (SSSR count). The topological polar surface area (TPSA) is 52.6 Å². The highest BCUT2D eigenvalue weighted by Crippen LogP contribution is 2.26. The Labute approximate surface area is 119 Å². The highest BCUT2D eigenvalue weighted by Gasteiger charge is 2.18. The Morgan fingerprint density at radius 3 is 2.42 bits per heavy atom. The third-order valence-electron chi connectivity index (χ3n) is 2.68. The minimum Gasteiger partial charge on any atom is -0.493 e. The van der Waals surface area contributed by atoms with E-state index in [-0.39, 0.29) is 11.7 Å². The molecule has 1 aromatic carbocycles. The largest absolute Gasteiger partial charge is 0.493 e. The molecule has 0 bridgehead atoms. The summed E-state index contributed by atoms with van der Waals surface area (Å²) in [6.45, 7) is 2.30. The summed E-state index contributed by atoms with van der Waals surface area (Å²) in [5, 5.41) is 0. The quantitative estimate of drug-likeness (QED) is 0.693. The highest BCUT2D eigenvalue weighted by molar-refractivity contribution is 8.13. The molecule has 0 amide bonds. The summed E-state index contributed by atoms with van der Waals surface area (Å²) in [6.07, 6.45) is 1.63. The van der Waals surface area contributed by atoms with Gasteiger partial charge in [-0.2, -0.15) is 0 Å². The maximum Gasteiger partial charge on any atom is 0.232 e. The molecule has 0 aliphatic carbocycles. The monoisotopic (exact) mass is 306 g/mol. The first-order valence-electron chi connectivity index (χ1n) is 6.14. The zero-order chi connectivity index (χ0) is 14.3. The van der Waals surface area contributed by atoms with Crippen LogP contribution >= 0.6 is 10.7 Å². The molecule has 0 fully saturated rings. The Bertz CT molecular complexity index is 487. The van der Waals surface area contributed by atoms with E-state index in [0.717, 1.165) is 12.8 Å². The van der Waals surface area contributed by atoms with Crippen molar-refractivity contribution in [1.82, 2.24) is 0 Å². The van der Waals surface area contributed by atoms with Crippen molar-refractivity contribution in [2.75, 3.05) is 19.5 Å². The molecular formula is C13H19ClO4S.